The van der Waals surface area contributed by atoms with Crippen LogP contribution in [0.2, 0.25) is 0 Å². The molecule has 3 aromatic rings. The number of anilines is 1. The summed E-state index contributed by atoms with van der Waals surface area (Å²) in [6, 6.07) is 12.4. The van der Waals surface area contributed by atoms with Crippen molar-refractivity contribution in [3.05, 3.63) is 98.5 Å². The van der Waals surface area contributed by atoms with Gasteiger partial charge in [0.15, 0.2) is 10.9 Å². The van der Waals surface area contributed by atoms with E-state index in [9.17, 15) is 18.4 Å². The second-order valence-electron chi connectivity index (χ2n) is 7.80. The molecule has 0 amide bonds. The van der Waals surface area contributed by atoms with E-state index in [4.69, 9.17) is 0 Å². The molecule has 1 atom stereocenters. The molecular formula is C24H19F2N3O2S. The number of halogens is 2. The minimum atomic E-state index is -0.688. The number of Topliss-reactive ketones (excluding diaryl/α,β-unsaturated/α-hetero) is 1. The average molecular weight is 451 g/mol. The molecule has 0 saturated carbocycles. The zero-order valence-corrected chi connectivity index (χ0v) is 17.8. The molecule has 8 heteroatoms. The van der Waals surface area contributed by atoms with Crippen LogP contribution in [0, 0.1) is 11.6 Å². The Morgan fingerprint density at radius 3 is 2.72 bits per heavy atom. The van der Waals surface area contributed by atoms with Crippen LogP contribution in [0.15, 0.2) is 69.8 Å². The number of thioether (sulfide) groups is 1. The van der Waals surface area contributed by atoms with Crippen molar-refractivity contribution in [3.8, 4) is 0 Å². The molecule has 1 aliphatic carbocycles. The number of aromatic amines is 1. The fourth-order valence-corrected chi connectivity index (χ4v) is 5.14. The standard InChI is InChI=1S/C24H19F2N3O2S/c25-15-7-3-6-13(11-15)19-20-17(9-4-10-18(20)30)27-22-21(19)23(31)29-24(28-22)32-12-14-5-1-2-8-16(14)26/h1-3,5-8,11,19H,4,9-10,12H2,(H2,27,28,29,31)/t19-/m1/s1. The lowest BCUT2D eigenvalue weighted by atomic mass is 9.76. The van der Waals surface area contributed by atoms with Gasteiger partial charge in [0.2, 0.25) is 0 Å². The maximum Gasteiger partial charge on any atom is 0.257 e. The lowest BCUT2D eigenvalue weighted by molar-refractivity contribution is -0.116. The lowest BCUT2D eigenvalue weighted by Crippen LogP contribution is -2.32. The maximum absolute atomic E-state index is 14.0. The minimum Gasteiger partial charge on any atom is -0.343 e. The molecule has 0 saturated heterocycles. The summed E-state index contributed by atoms with van der Waals surface area (Å²) >= 11 is 1.21. The molecule has 0 bridgehead atoms. The second-order valence-corrected chi connectivity index (χ2v) is 8.76. The second kappa shape index (κ2) is 8.35. The van der Waals surface area contributed by atoms with Crippen molar-refractivity contribution in [2.45, 2.75) is 36.1 Å². The summed E-state index contributed by atoms with van der Waals surface area (Å²) in [5.74, 6) is -0.835. The van der Waals surface area contributed by atoms with E-state index in [-0.39, 0.29) is 11.6 Å². The number of hydrogen-bond acceptors (Lipinski definition) is 5. The summed E-state index contributed by atoms with van der Waals surface area (Å²) in [6.07, 6.45) is 1.75. The van der Waals surface area contributed by atoms with Gasteiger partial charge in [0.1, 0.15) is 17.5 Å². The highest BCUT2D eigenvalue weighted by Crippen LogP contribution is 2.43. The number of rotatable bonds is 4. The summed E-state index contributed by atoms with van der Waals surface area (Å²) < 4.78 is 28.0. The molecular weight excluding hydrogens is 432 g/mol. The Hall–Kier alpha value is -3.26. The predicted molar refractivity (Wildman–Crippen MR) is 119 cm³/mol. The summed E-state index contributed by atoms with van der Waals surface area (Å²) in [6.45, 7) is 0. The number of fused-ring (bicyclic) bond motifs is 1. The molecule has 2 N–H and O–H groups in total. The fourth-order valence-electron chi connectivity index (χ4n) is 4.29. The molecule has 1 aliphatic heterocycles. The van der Waals surface area contributed by atoms with Crippen LogP contribution in [0.5, 0.6) is 0 Å². The number of nitrogens with one attached hydrogen (secondary N) is 2. The zero-order chi connectivity index (χ0) is 22.2. The highest BCUT2D eigenvalue weighted by molar-refractivity contribution is 7.98. The number of allylic oxidation sites excluding steroid dienone is 2. The SMILES string of the molecule is O=C1CCCC2=C1[C@@H](c1cccc(F)c1)c1c(nc(SCc3ccccc3F)[nH]c1=O)N2. The first-order valence-corrected chi connectivity index (χ1v) is 11.3. The van der Waals surface area contributed by atoms with Crippen molar-refractivity contribution in [1.29, 1.82) is 0 Å². The summed E-state index contributed by atoms with van der Waals surface area (Å²) in [4.78, 5) is 33.3. The molecule has 0 radical (unpaired) electrons. The molecule has 5 rings (SSSR count). The van der Waals surface area contributed by atoms with Gasteiger partial charge < -0.3 is 10.3 Å². The largest absolute Gasteiger partial charge is 0.343 e. The van der Waals surface area contributed by atoms with Gasteiger partial charge in [-0.05, 0) is 42.2 Å². The first kappa shape index (κ1) is 20.6. The number of hydrogen-bond donors (Lipinski definition) is 2. The highest BCUT2D eigenvalue weighted by atomic mass is 32.2. The molecule has 2 heterocycles. The van der Waals surface area contributed by atoms with Crippen molar-refractivity contribution in [2.75, 3.05) is 5.32 Å². The topological polar surface area (TPSA) is 74.8 Å². The Bertz CT molecular complexity index is 1320. The monoisotopic (exact) mass is 451 g/mol. The molecule has 1 aromatic heterocycles. The lowest BCUT2D eigenvalue weighted by Gasteiger charge is -2.32. The normalized spacial score (nSPS) is 17.6. The summed E-state index contributed by atoms with van der Waals surface area (Å²) in [7, 11) is 0. The van der Waals surface area contributed by atoms with Gasteiger partial charge in [-0.25, -0.2) is 13.8 Å². The van der Waals surface area contributed by atoms with E-state index < -0.39 is 17.3 Å². The molecule has 32 heavy (non-hydrogen) atoms. The third kappa shape index (κ3) is 3.75. The van der Waals surface area contributed by atoms with E-state index in [2.05, 4.69) is 15.3 Å². The van der Waals surface area contributed by atoms with Gasteiger partial charge in [0.05, 0.1) is 5.56 Å². The van der Waals surface area contributed by atoms with Crippen molar-refractivity contribution in [3.63, 3.8) is 0 Å². The number of benzene rings is 2. The number of H-pyrrole nitrogens is 1. The number of carbonyl (C=O) groups is 1. The predicted octanol–water partition coefficient (Wildman–Crippen LogP) is 4.90. The number of carbonyl (C=O) groups excluding carboxylic acids is 1. The van der Waals surface area contributed by atoms with Crippen molar-refractivity contribution in [2.24, 2.45) is 0 Å². The Morgan fingerprint density at radius 2 is 1.91 bits per heavy atom. The Kier molecular flexibility index (Phi) is 5.38. The van der Waals surface area contributed by atoms with Crippen molar-refractivity contribution < 1.29 is 13.6 Å². The van der Waals surface area contributed by atoms with Gasteiger partial charge >= 0.3 is 0 Å². The van der Waals surface area contributed by atoms with E-state index in [0.717, 1.165) is 5.70 Å². The van der Waals surface area contributed by atoms with E-state index in [1.54, 1.807) is 30.3 Å². The van der Waals surface area contributed by atoms with E-state index in [1.807, 2.05) is 0 Å². The fraction of sp³-hybridized carbons (Fsp3) is 0.208. The summed E-state index contributed by atoms with van der Waals surface area (Å²) in [5, 5.41) is 3.52. The van der Waals surface area contributed by atoms with Crippen LogP contribution in [0.25, 0.3) is 0 Å². The van der Waals surface area contributed by atoms with E-state index in [0.29, 0.717) is 58.3 Å². The van der Waals surface area contributed by atoms with Crippen molar-refractivity contribution >= 4 is 23.4 Å². The van der Waals surface area contributed by atoms with Gasteiger partial charge in [0, 0.05) is 29.4 Å². The first-order chi connectivity index (χ1) is 15.5. The molecule has 2 aliphatic rings. The van der Waals surface area contributed by atoms with Crippen LogP contribution in [-0.2, 0) is 10.5 Å². The Balaban J connectivity index is 1.57. The quantitative estimate of drug-likeness (QED) is 0.436. The zero-order valence-electron chi connectivity index (χ0n) is 17.0. The van der Waals surface area contributed by atoms with Crippen LogP contribution in [-0.4, -0.2) is 15.8 Å². The van der Waals surface area contributed by atoms with Gasteiger partial charge in [-0.2, -0.15) is 0 Å². The third-order valence-electron chi connectivity index (χ3n) is 5.74. The molecule has 2 aromatic carbocycles. The van der Waals surface area contributed by atoms with Crippen LogP contribution in [0.3, 0.4) is 0 Å². The van der Waals surface area contributed by atoms with Gasteiger partial charge in [-0.15, -0.1) is 0 Å². The molecule has 0 spiro atoms. The number of ketones is 1. The first-order valence-electron chi connectivity index (χ1n) is 10.3. The van der Waals surface area contributed by atoms with Crippen molar-refractivity contribution in [1.82, 2.24) is 9.97 Å². The molecule has 162 valence electrons. The van der Waals surface area contributed by atoms with Crippen LogP contribution < -0.4 is 10.9 Å². The van der Waals surface area contributed by atoms with E-state index >= 15 is 0 Å². The minimum absolute atomic E-state index is 0.0453. The smallest absolute Gasteiger partial charge is 0.257 e. The maximum atomic E-state index is 14.0. The average Bonchev–Trinajstić information content (AvgIpc) is 2.77. The number of aromatic nitrogens is 2. The van der Waals surface area contributed by atoms with Gasteiger partial charge in [0.25, 0.3) is 5.56 Å². The van der Waals surface area contributed by atoms with Crippen LogP contribution in [0.1, 0.15) is 41.9 Å². The number of nitrogens with zero attached hydrogens (tertiary/aromatic N) is 1. The van der Waals surface area contributed by atoms with E-state index in [1.165, 1.54) is 30.0 Å². The molecule has 0 unspecified atom stereocenters. The van der Waals surface area contributed by atoms with Gasteiger partial charge in [-0.3, -0.25) is 9.59 Å². The van der Waals surface area contributed by atoms with Crippen LogP contribution >= 0.6 is 11.8 Å². The van der Waals surface area contributed by atoms with Crippen LogP contribution in [0.4, 0.5) is 14.6 Å². The van der Waals surface area contributed by atoms with Gasteiger partial charge in [-0.1, -0.05) is 42.1 Å². The summed E-state index contributed by atoms with van der Waals surface area (Å²) in [5.41, 5.74) is 2.16. The molecule has 0 fully saturated rings. The highest BCUT2D eigenvalue weighted by Gasteiger charge is 2.38. The Labute approximate surface area is 187 Å². The molecule has 5 nitrogen and oxygen atoms in total. The Morgan fingerprint density at radius 1 is 1.06 bits per heavy atom. The third-order valence-corrected chi connectivity index (χ3v) is 6.66.